The molecule has 30 heavy (non-hydrogen) atoms. The Labute approximate surface area is 184 Å². The standard InChI is InChI=1S/C24H31ClN2O3/c1-18-15-21(25)8-9-23(18)30-14-2-3-24(29)26-16-19-4-6-20(7-5-19)17-27-12-10-22(28)11-13-27/h4-9,15,22,28H,2-3,10-14,16-17H2,1H3,(H,26,29). The first-order chi connectivity index (χ1) is 14.5. The number of carbonyl (C=O) groups excluding carboxylic acids is 1. The van der Waals surface area contributed by atoms with Gasteiger partial charge in [-0.3, -0.25) is 9.69 Å². The van der Waals surface area contributed by atoms with Crippen LogP contribution in [0, 0.1) is 6.92 Å². The lowest BCUT2D eigenvalue weighted by atomic mass is 10.1. The van der Waals surface area contributed by atoms with Crippen molar-refractivity contribution in [3.8, 4) is 5.75 Å². The molecule has 0 unspecified atom stereocenters. The minimum atomic E-state index is -0.139. The van der Waals surface area contributed by atoms with Gasteiger partial charge in [-0.05, 0) is 61.1 Å². The fourth-order valence-electron chi connectivity index (χ4n) is 3.58. The predicted molar refractivity (Wildman–Crippen MR) is 120 cm³/mol. The van der Waals surface area contributed by atoms with Crippen molar-refractivity contribution in [1.29, 1.82) is 0 Å². The van der Waals surface area contributed by atoms with Gasteiger partial charge in [-0.15, -0.1) is 0 Å². The lowest BCUT2D eigenvalue weighted by Gasteiger charge is -2.29. The molecule has 0 spiro atoms. The highest BCUT2D eigenvalue weighted by Crippen LogP contribution is 2.22. The Bertz CT molecular complexity index is 818. The number of halogens is 1. The lowest BCUT2D eigenvalue weighted by Crippen LogP contribution is -2.35. The number of hydrogen-bond donors (Lipinski definition) is 2. The number of amides is 1. The second-order valence-electron chi connectivity index (χ2n) is 7.96. The lowest BCUT2D eigenvalue weighted by molar-refractivity contribution is -0.121. The molecule has 1 aliphatic heterocycles. The molecule has 1 aliphatic rings. The third-order valence-electron chi connectivity index (χ3n) is 5.42. The number of likely N-dealkylation sites (tertiary alicyclic amines) is 1. The minimum Gasteiger partial charge on any atom is -0.493 e. The summed E-state index contributed by atoms with van der Waals surface area (Å²) in [5.41, 5.74) is 3.35. The van der Waals surface area contributed by atoms with Gasteiger partial charge in [-0.1, -0.05) is 35.9 Å². The van der Waals surface area contributed by atoms with Gasteiger partial charge in [0.05, 0.1) is 12.7 Å². The van der Waals surface area contributed by atoms with Crippen molar-refractivity contribution < 1.29 is 14.6 Å². The molecule has 0 aromatic heterocycles. The number of nitrogens with zero attached hydrogens (tertiary/aromatic N) is 1. The number of aryl methyl sites for hydroxylation is 1. The van der Waals surface area contributed by atoms with Gasteiger partial charge >= 0.3 is 0 Å². The molecule has 1 amide bonds. The molecule has 2 aromatic rings. The van der Waals surface area contributed by atoms with E-state index in [0.717, 1.165) is 49.4 Å². The number of ether oxygens (including phenoxy) is 1. The SMILES string of the molecule is Cc1cc(Cl)ccc1OCCCC(=O)NCc1ccc(CN2CCC(O)CC2)cc1. The van der Waals surface area contributed by atoms with E-state index in [0.29, 0.717) is 31.0 Å². The summed E-state index contributed by atoms with van der Waals surface area (Å²) in [6.45, 7) is 5.79. The van der Waals surface area contributed by atoms with Gasteiger partial charge in [0.2, 0.25) is 5.91 Å². The number of carbonyl (C=O) groups is 1. The summed E-state index contributed by atoms with van der Waals surface area (Å²) < 4.78 is 5.73. The van der Waals surface area contributed by atoms with E-state index in [4.69, 9.17) is 16.3 Å². The zero-order chi connectivity index (χ0) is 21.3. The quantitative estimate of drug-likeness (QED) is 0.588. The Morgan fingerprint density at radius 2 is 1.87 bits per heavy atom. The van der Waals surface area contributed by atoms with Gasteiger partial charge in [0, 0.05) is 37.6 Å². The number of rotatable bonds is 9. The van der Waals surface area contributed by atoms with Crippen LogP contribution in [0.3, 0.4) is 0 Å². The van der Waals surface area contributed by atoms with Crippen molar-refractivity contribution in [1.82, 2.24) is 10.2 Å². The van der Waals surface area contributed by atoms with Crippen LogP contribution in [0.2, 0.25) is 5.02 Å². The van der Waals surface area contributed by atoms with E-state index in [9.17, 15) is 9.90 Å². The Morgan fingerprint density at radius 3 is 2.57 bits per heavy atom. The van der Waals surface area contributed by atoms with Crippen molar-refractivity contribution in [3.05, 3.63) is 64.2 Å². The zero-order valence-corrected chi connectivity index (χ0v) is 18.3. The van der Waals surface area contributed by atoms with Gasteiger partial charge in [-0.25, -0.2) is 0 Å². The Balaban J connectivity index is 1.32. The molecule has 0 atom stereocenters. The summed E-state index contributed by atoms with van der Waals surface area (Å²) in [6.07, 6.45) is 2.67. The number of hydrogen-bond acceptors (Lipinski definition) is 4. The summed E-state index contributed by atoms with van der Waals surface area (Å²) >= 11 is 5.94. The molecule has 5 nitrogen and oxygen atoms in total. The predicted octanol–water partition coefficient (Wildman–Crippen LogP) is 4.08. The van der Waals surface area contributed by atoms with Crippen molar-refractivity contribution >= 4 is 17.5 Å². The maximum absolute atomic E-state index is 12.1. The monoisotopic (exact) mass is 430 g/mol. The second kappa shape index (κ2) is 11.3. The normalized spacial score (nSPS) is 15.2. The third kappa shape index (κ3) is 7.31. The molecule has 1 heterocycles. The molecule has 0 saturated carbocycles. The van der Waals surface area contributed by atoms with Crippen molar-refractivity contribution in [3.63, 3.8) is 0 Å². The first kappa shape index (κ1) is 22.6. The topological polar surface area (TPSA) is 61.8 Å². The summed E-state index contributed by atoms with van der Waals surface area (Å²) in [6, 6.07) is 13.9. The van der Waals surface area contributed by atoms with E-state index < -0.39 is 0 Å². The van der Waals surface area contributed by atoms with E-state index in [-0.39, 0.29) is 12.0 Å². The van der Waals surface area contributed by atoms with Crippen LogP contribution < -0.4 is 10.1 Å². The van der Waals surface area contributed by atoms with Gasteiger partial charge < -0.3 is 15.2 Å². The van der Waals surface area contributed by atoms with Crippen LogP contribution >= 0.6 is 11.6 Å². The van der Waals surface area contributed by atoms with E-state index in [2.05, 4.69) is 34.5 Å². The van der Waals surface area contributed by atoms with Gasteiger partial charge in [0.15, 0.2) is 0 Å². The highest BCUT2D eigenvalue weighted by atomic mass is 35.5. The minimum absolute atomic E-state index is 0.0300. The maximum atomic E-state index is 12.1. The van der Waals surface area contributed by atoms with Crippen LogP contribution in [-0.4, -0.2) is 41.7 Å². The number of nitrogens with one attached hydrogen (secondary N) is 1. The van der Waals surface area contributed by atoms with Crippen LogP contribution in [0.5, 0.6) is 5.75 Å². The van der Waals surface area contributed by atoms with E-state index in [1.54, 1.807) is 6.07 Å². The van der Waals surface area contributed by atoms with Crippen LogP contribution in [0.15, 0.2) is 42.5 Å². The molecule has 3 rings (SSSR count). The average molecular weight is 431 g/mol. The molecular formula is C24H31ClN2O3. The first-order valence-electron chi connectivity index (χ1n) is 10.6. The smallest absolute Gasteiger partial charge is 0.220 e. The molecule has 162 valence electrons. The maximum Gasteiger partial charge on any atom is 0.220 e. The van der Waals surface area contributed by atoms with Gasteiger partial charge in [0.25, 0.3) is 0 Å². The van der Waals surface area contributed by atoms with Crippen LogP contribution in [0.25, 0.3) is 0 Å². The number of benzene rings is 2. The second-order valence-corrected chi connectivity index (χ2v) is 8.40. The molecular weight excluding hydrogens is 400 g/mol. The summed E-state index contributed by atoms with van der Waals surface area (Å²) in [7, 11) is 0. The van der Waals surface area contributed by atoms with Crippen LogP contribution in [0.1, 0.15) is 42.4 Å². The summed E-state index contributed by atoms with van der Waals surface area (Å²) in [5.74, 6) is 0.836. The van der Waals surface area contributed by atoms with Crippen molar-refractivity contribution in [2.24, 2.45) is 0 Å². The molecule has 6 heteroatoms. The third-order valence-corrected chi connectivity index (χ3v) is 5.65. The molecule has 0 aliphatic carbocycles. The highest BCUT2D eigenvalue weighted by molar-refractivity contribution is 6.30. The zero-order valence-electron chi connectivity index (χ0n) is 17.6. The largest absolute Gasteiger partial charge is 0.493 e. The van der Waals surface area contributed by atoms with Crippen LogP contribution in [0.4, 0.5) is 0 Å². The van der Waals surface area contributed by atoms with Crippen LogP contribution in [-0.2, 0) is 17.9 Å². The molecule has 0 radical (unpaired) electrons. The fraction of sp³-hybridized carbons (Fsp3) is 0.458. The number of aliphatic hydroxyl groups excluding tert-OH is 1. The van der Waals surface area contributed by atoms with Crippen molar-refractivity contribution in [2.75, 3.05) is 19.7 Å². The molecule has 1 saturated heterocycles. The number of aliphatic hydroxyl groups is 1. The molecule has 2 N–H and O–H groups in total. The first-order valence-corrected chi connectivity index (χ1v) is 11.0. The Kier molecular flexibility index (Phi) is 8.55. The van der Waals surface area contributed by atoms with E-state index >= 15 is 0 Å². The van der Waals surface area contributed by atoms with Crippen molar-refractivity contribution in [2.45, 2.75) is 51.8 Å². The van der Waals surface area contributed by atoms with Gasteiger partial charge in [-0.2, -0.15) is 0 Å². The molecule has 1 fully saturated rings. The van der Waals surface area contributed by atoms with E-state index in [1.165, 1.54) is 5.56 Å². The van der Waals surface area contributed by atoms with E-state index in [1.807, 2.05) is 19.1 Å². The summed E-state index contributed by atoms with van der Waals surface area (Å²) in [5, 5.41) is 13.3. The molecule has 2 aromatic carbocycles. The Morgan fingerprint density at radius 1 is 1.17 bits per heavy atom. The fourth-order valence-corrected chi connectivity index (χ4v) is 3.80. The molecule has 0 bridgehead atoms. The van der Waals surface area contributed by atoms with Gasteiger partial charge in [0.1, 0.15) is 5.75 Å². The Hall–Kier alpha value is -2.08. The average Bonchev–Trinajstić information content (AvgIpc) is 2.73. The number of piperidine rings is 1. The highest BCUT2D eigenvalue weighted by Gasteiger charge is 2.16. The summed E-state index contributed by atoms with van der Waals surface area (Å²) in [4.78, 5) is 14.5.